The van der Waals surface area contributed by atoms with Crippen molar-refractivity contribution in [2.24, 2.45) is 0 Å². The van der Waals surface area contributed by atoms with Gasteiger partial charge in [0.15, 0.2) is 11.6 Å². The number of methoxy groups -OCH3 is 2. The minimum Gasteiger partial charge on any atom is -0.468 e. The lowest BCUT2D eigenvalue weighted by molar-refractivity contribution is -0.142. The van der Waals surface area contributed by atoms with Crippen LogP contribution in [0, 0.1) is 11.6 Å². The fourth-order valence-corrected chi connectivity index (χ4v) is 3.40. The Hall–Kier alpha value is -3.08. The van der Waals surface area contributed by atoms with Gasteiger partial charge >= 0.3 is 5.97 Å². The summed E-state index contributed by atoms with van der Waals surface area (Å²) in [4.78, 5) is 49.9. The van der Waals surface area contributed by atoms with Crippen LogP contribution in [0.1, 0.15) is 31.7 Å². The van der Waals surface area contributed by atoms with Crippen molar-refractivity contribution in [3.8, 4) is 0 Å². The average Bonchev–Trinajstić information content (AvgIpc) is 3.11. The summed E-state index contributed by atoms with van der Waals surface area (Å²) in [7, 11) is 2.54. The van der Waals surface area contributed by atoms with Crippen molar-refractivity contribution in [3.05, 3.63) is 35.4 Å². The minimum absolute atomic E-state index is 0.0127. The maximum absolute atomic E-state index is 14.0. The number of hydrogen-bond acceptors (Lipinski definition) is 6. The predicted octanol–water partition coefficient (Wildman–Crippen LogP) is 0.655. The molecule has 0 aromatic heterocycles. The second kappa shape index (κ2) is 11.5. The first-order valence-corrected chi connectivity index (χ1v) is 10.1. The Morgan fingerprint density at radius 3 is 2.62 bits per heavy atom. The highest BCUT2D eigenvalue weighted by atomic mass is 19.2. The molecule has 1 aromatic rings. The number of carbonyl (C=O) groups is 4. The van der Waals surface area contributed by atoms with Crippen molar-refractivity contribution in [1.29, 1.82) is 0 Å². The number of ether oxygens (including phenoxy) is 2. The van der Waals surface area contributed by atoms with Crippen molar-refractivity contribution in [1.82, 2.24) is 15.5 Å². The molecule has 1 fully saturated rings. The SMILES string of the molecule is COC(=O)CNC(=O)[C@H](NC(=O)C[C@@H]1CCC(=O)N1Cc1cccc(F)c1F)[C@@H](C)OC. The van der Waals surface area contributed by atoms with Crippen LogP contribution >= 0.6 is 0 Å². The molecule has 0 unspecified atom stereocenters. The van der Waals surface area contributed by atoms with Gasteiger partial charge in [-0.15, -0.1) is 0 Å². The molecule has 2 rings (SSSR count). The normalized spacial score (nSPS) is 17.6. The highest BCUT2D eigenvalue weighted by Gasteiger charge is 2.35. The van der Waals surface area contributed by atoms with Crippen LogP contribution in [0.3, 0.4) is 0 Å². The molecule has 3 atom stereocenters. The highest BCUT2D eigenvalue weighted by molar-refractivity contribution is 5.90. The number of likely N-dealkylation sites (tertiary alicyclic amines) is 1. The molecule has 32 heavy (non-hydrogen) atoms. The molecule has 11 heteroatoms. The van der Waals surface area contributed by atoms with Gasteiger partial charge in [-0.05, 0) is 19.4 Å². The molecule has 0 bridgehead atoms. The predicted molar refractivity (Wildman–Crippen MR) is 108 cm³/mol. The van der Waals surface area contributed by atoms with E-state index in [4.69, 9.17) is 4.74 Å². The van der Waals surface area contributed by atoms with E-state index in [1.165, 1.54) is 31.3 Å². The monoisotopic (exact) mass is 455 g/mol. The summed E-state index contributed by atoms with van der Waals surface area (Å²) in [5.41, 5.74) is 0.0127. The Balaban J connectivity index is 2.04. The zero-order chi connectivity index (χ0) is 23.8. The Bertz CT molecular complexity index is 866. The summed E-state index contributed by atoms with van der Waals surface area (Å²) >= 11 is 0. The summed E-state index contributed by atoms with van der Waals surface area (Å²) in [5.74, 6) is -4.15. The first-order valence-electron chi connectivity index (χ1n) is 10.1. The molecule has 0 spiro atoms. The number of esters is 1. The number of amides is 3. The van der Waals surface area contributed by atoms with Crippen LogP contribution in [0.15, 0.2) is 18.2 Å². The van der Waals surface area contributed by atoms with Gasteiger partial charge in [-0.3, -0.25) is 19.2 Å². The average molecular weight is 455 g/mol. The van der Waals surface area contributed by atoms with Gasteiger partial charge in [0.1, 0.15) is 12.6 Å². The fraction of sp³-hybridized carbons (Fsp3) is 0.524. The Kier molecular flexibility index (Phi) is 9.06. The van der Waals surface area contributed by atoms with Crippen molar-refractivity contribution in [2.75, 3.05) is 20.8 Å². The van der Waals surface area contributed by atoms with Crippen molar-refractivity contribution >= 4 is 23.7 Å². The lowest BCUT2D eigenvalue weighted by atomic mass is 10.1. The van der Waals surface area contributed by atoms with Crippen molar-refractivity contribution in [3.63, 3.8) is 0 Å². The van der Waals surface area contributed by atoms with Gasteiger partial charge in [0.05, 0.1) is 13.2 Å². The van der Waals surface area contributed by atoms with E-state index < -0.39 is 47.6 Å². The van der Waals surface area contributed by atoms with E-state index in [1.54, 1.807) is 6.92 Å². The number of carbonyl (C=O) groups excluding carboxylic acids is 4. The summed E-state index contributed by atoms with van der Waals surface area (Å²) in [6.07, 6.45) is -0.312. The van der Waals surface area contributed by atoms with Gasteiger partial charge in [-0.1, -0.05) is 12.1 Å². The second-order valence-corrected chi connectivity index (χ2v) is 7.41. The van der Waals surface area contributed by atoms with Gasteiger partial charge in [-0.25, -0.2) is 8.78 Å². The van der Waals surface area contributed by atoms with Crippen molar-refractivity contribution < 1.29 is 37.4 Å². The quantitative estimate of drug-likeness (QED) is 0.501. The summed E-state index contributed by atoms with van der Waals surface area (Å²) in [6.45, 7) is 1.03. The molecule has 1 aliphatic rings. The molecular formula is C21H27F2N3O6. The fourth-order valence-electron chi connectivity index (χ4n) is 3.40. The number of halogens is 2. The Labute approximate surface area is 184 Å². The van der Waals surface area contributed by atoms with E-state index in [1.807, 2.05) is 0 Å². The van der Waals surface area contributed by atoms with Crippen LogP contribution in [-0.4, -0.2) is 67.5 Å². The van der Waals surface area contributed by atoms with Gasteiger partial charge in [0.25, 0.3) is 0 Å². The molecule has 0 radical (unpaired) electrons. The third kappa shape index (κ3) is 6.46. The Morgan fingerprint density at radius 2 is 1.97 bits per heavy atom. The zero-order valence-corrected chi connectivity index (χ0v) is 18.2. The van der Waals surface area contributed by atoms with Crippen LogP contribution in [0.4, 0.5) is 8.78 Å². The third-order valence-corrected chi connectivity index (χ3v) is 5.32. The van der Waals surface area contributed by atoms with E-state index in [-0.39, 0.29) is 37.4 Å². The van der Waals surface area contributed by atoms with Crippen LogP contribution in [0.2, 0.25) is 0 Å². The van der Waals surface area contributed by atoms with Gasteiger partial charge in [0.2, 0.25) is 17.7 Å². The minimum atomic E-state index is -1.09. The maximum atomic E-state index is 14.0. The van der Waals surface area contributed by atoms with Crippen LogP contribution in [0.25, 0.3) is 0 Å². The van der Waals surface area contributed by atoms with E-state index in [0.29, 0.717) is 6.42 Å². The van der Waals surface area contributed by atoms with Crippen LogP contribution < -0.4 is 10.6 Å². The van der Waals surface area contributed by atoms with Crippen LogP contribution in [0.5, 0.6) is 0 Å². The molecule has 2 N–H and O–H groups in total. The molecule has 1 heterocycles. The number of nitrogens with one attached hydrogen (secondary N) is 2. The van der Waals surface area contributed by atoms with E-state index in [0.717, 1.165) is 6.07 Å². The maximum Gasteiger partial charge on any atom is 0.325 e. The number of benzene rings is 1. The lowest BCUT2D eigenvalue weighted by Gasteiger charge is -2.27. The van der Waals surface area contributed by atoms with E-state index >= 15 is 0 Å². The van der Waals surface area contributed by atoms with Gasteiger partial charge in [0, 0.05) is 38.1 Å². The molecular weight excluding hydrogens is 428 g/mol. The molecule has 9 nitrogen and oxygen atoms in total. The molecule has 176 valence electrons. The smallest absolute Gasteiger partial charge is 0.325 e. The van der Waals surface area contributed by atoms with Crippen LogP contribution in [-0.2, 0) is 35.2 Å². The molecule has 3 amide bonds. The van der Waals surface area contributed by atoms with Gasteiger partial charge < -0.3 is 25.0 Å². The molecule has 0 saturated carbocycles. The Morgan fingerprint density at radius 1 is 1.25 bits per heavy atom. The van der Waals surface area contributed by atoms with E-state index in [9.17, 15) is 28.0 Å². The number of rotatable bonds is 10. The topological polar surface area (TPSA) is 114 Å². The largest absolute Gasteiger partial charge is 0.468 e. The molecule has 1 aromatic carbocycles. The first kappa shape index (κ1) is 25.2. The summed E-state index contributed by atoms with van der Waals surface area (Å²) in [5, 5.41) is 4.91. The lowest BCUT2D eigenvalue weighted by Crippen LogP contribution is -2.54. The first-order chi connectivity index (χ1) is 15.2. The highest BCUT2D eigenvalue weighted by Crippen LogP contribution is 2.25. The third-order valence-electron chi connectivity index (χ3n) is 5.32. The summed E-state index contributed by atoms with van der Waals surface area (Å²) < 4.78 is 37.1. The number of hydrogen-bond donors (Lipinski definition) is 2. The standard InChI is InChI=1S/C21H27F2N3O6/c1-12(31-2)20(21(30)24-10-18(29)32-3)25-16(27)9-14-7-8-17(28)26(14)11-13-5-4-6-15(22)19(13)23/h4-6,12,14,20H,7-11H2,1-3H3,(H,24,30)(H,25,27)/t12-,14+,20-/m1/s1. The van der Waals surface area contributed by atoms with E-state index in [2.05, 4.69) is 15.4 Å². The van der Waals surface area contributed by atoms with Crippen molar-refractivity contribution in [2.45, 2.75) is 50.9 Å². The summed E-state index contributed by atoms with van der Waals surface area (Å²) in [6, 6.07) is 2.07. The molecule has 1 aliphatic heterocycles. The molecule has 0 aliphatic carbocycles. The molecule has 1 saturated heterocycles. The number of nitrogens with zero attached hydrogens (tertiary/aromatic N) is 1. The second-order valence-electron chi connectivity index (χ2n) is 7.41. The zero-order valence-electron chi connectivity index (χ0n) is 18.2. The van der Waals surface area contributed by atoms with Gasteiger partial charge in [-0.2, -0.15) is 0 Å².